The van der Waals surface area contributed by atoms with Crippen LogP contribution in [-0.4, -0.2) is 109 Å². The van der Waals surface area contributed by atoms with Crippen LogP contribution in [0.25, 0.3) is 10.9 Å². The molecule has 69 heavy (non-hydrogen) atoms. The number of sulfonamides is 2. The number of allylic oxidation sites excluding steroid dienone is 1. The van der Waals surface area contributed by atoms with Gasteiger partial charge in [0.15, 0.2) is 11.4 Å². The Bertz CT molecular complexity index is 2740. The average molecular weight is 1010 g/mol. The predicted octanol–water partition coefficient (Wildman–Crippen LogP) is 5.32. The molecule has 3 aliphatic heterocycles. The van der Waals surface area contributed by atoms with Crippen LogP contribution in [0.5, 0.6) is 11.5 Å². The molecule has 4 heterocycles. The van der Waals surface area contributed by atoms with E-state index in [9.17, 15) is 36.0 Å². The molecule has 3 aliphatic carbocycles. The number of methoxy groups -OCH3 is 1. The van der Waals surface area contributed by atoms with Gasteiger partial charge in [-0.3, -0.25) is 19.1 Å². The van der Waals surface area contributed by atoms with Gasteiger partial charge in [0.2, 0.25) is 31.9 Å². The normalized spacial score (nSPS) is 29.0. The fourth-order valence-corrected chi connectivity index (χ4v) is 11.7. The number of benzene rings is 1. The van der Waals surface area contributed by atoms with Crippen LogP contribution in [0.15, 0.2) is 30.4 Å². The monoisotopic (exact) mass is 1010 g/mol. The van der Waals surface area contributed by atoms with Crippen LogP contribution in [0, 0.1) is 5.92 Å². The zero-order valence-electron chi connectivity index (χ0n) is 39.0. The van der Waals surface area contributed by atoms with Crippen molar-refractivity contribution in [1.82, 2.24) is 30.0 Å². The first kappa shape index (κ1) is 50.0. The number of carbonyl (C=O) groups is 5. The summed E-state index contributed by atoms with van der Waals surface area (Å²) in [4.78, 5) is 76.1. The van der Waals surface area contributed by atoms with Crippen molar-refractivity contribution in [3.05, 3.63) is 41.6 Å². The third kappa shape index (κ3) is 9.88. The van der Waals surface area contributed by atoms with Gasteiger partial charge in [0.05, 0.1) is 28.7 Å². The van der Waals surface area contributed by atoms with Crippen molar-refractivity contribution < 1.29 is 72.9 Å². The van der Waals surface area contributed by atoms with E-state index in [1.54, 1.807) is 26.8 Å². The number of carbonyl (C=O) groups excluding carboxylic acids is 5. The van der Waals surface area contributed by atoms with E-state index in [0.29, 0.717) is 38.5 Å². The number of alkyl halides is 3. The van der Waals surface area contributed by atoms with Gasteiger partial charge in [0.25, 0.3) is 5.91 Å². The number of rotatable bonds is 8. The number of amides is 5. The van der Waals surface area contributed by atoms with E-state index in [-0.39, 0.29) is 47.9 Å². The van der Waals surface area contributed by atoms with Crippen LogP contribution in [0.3, 0.4) is 0 Å². The van der Waals surface area contributed by atoms with Crippen molar-refractivity contribution >= 4 is 60.9 Å². The SMILES string of the molecule is COc1ccc2nc(C(F)(F)F)c3c(c2c1)[C@H](OC(=O)NS(=O)(=O)C1(C)CC1)C[C@]1(C[C@H]2C(=O)N[C@]4(C(=O)NS(=O)(=O)C5(C)CC5)C[C@@H]4/C=C\CCCCC[C@H](NC(=O)OC(C)(C)C)C(=O)N2C1)O3. The topological polar surface area (TPSA) is 255 Å². The first-order chi connectivity index (χ1) is 32.0. The molecule has 8 rings (SSSR count). The number of alkyl carbamates (subject to hydrolysis) is 1. The largest absolute Gasteiger partial charge is 0.497 e. The number of pyridine rings is 1. The molecule has 1 aromatic carbocycles. The highest BCUT2D eigenvalue weighted by atomic mass is 32.2. The van der Waals surface area contributed by atoms with Crippen LogP contribution < -0.4 is 29.6 Å². The van der Waals surface area contributed by atoms with E-state index in [2.05, 4.69) is 20.3 Å². The minimum atomic E-state index is -5.22. The van der Waals surface area contributed by atoms with Gasteiger partial charge in [0.1, 0.15) is 40.7 Å². The number of halogens is 3. The summed E-state index contributed by atoms with van der Waals surface area (Å²) in [5.41, 5.74) is -7.00. The second kappa shape index (κ2) is 17.2. The molecule has 6 atom stereocenters. The molecule has 6 aliphatic rings. The summed E-state index contributed by atoms with van der Waals surface area (Å²) in [5.74, 6) is -4.33. The molecular formula is C45H57F3N6O13S2. The lowest BCUT2D eigenvalue weighted by molar-refractivity contribution is -0.145. The van der Waals surface area contributed by atoms with Crippen molar-refractivity contribution in [3.8, 4) is 11.5 Å². The van der Waals surface area contributed by atoms with Crippen molar-refractivity contribution in [1.29, 1.82) is 0 Å². The highest BCUT2D eigenvalue weighted by molar-refractivity contribution is 7.92. The zero-order valence-corrected chi connectivity index (χ0v) is 40.7. The minimum Gasteiger partial charge on any atom is -0.497 e. The molecule has 2 aromatic rings. The van der Waals surface area contributed by atoms with Crippen molar-refractivity contribution in [2.75, 3.05) is 13.7 Å². The van der Waals surface area contributed by atoms with Gasteiger partial charge in [-0.1, -0.05) is 25.0 Å². The molecule has 19 nitrogen and oxygen atoms in total. The number of aromatic nitrogens is 1. The molecule has 0 bridgehead atoms. The van der Waals surface area contributed by atoms with E-state index in [4.69, 9.17) is 18.9 Å². The highest BCUT2D eigenvalue weighted by Gasteiger charge is 2.64. The fraction of sp³-hybridized carbons (Fsp3) is 0.644. The summed E-state index contributed by atoms with van der Waals surface area (Å²) in [6, 6.07) is 0.914. The van der Waals surface area contributed by atoms with Crippen LogP contribution in [0.2, 0.25) is 0 Å². The number of ether oxygens (including phenoxy) is 4. The standard InChI is InChI=1S/C45H57F3N6O13S2/c1-40(2,3)67-38(58)50-29-13-11-9-7-8-10-12-25-21-44(25,37(57)52-68(60,61)41(4)16-17-41)51-35(55)30-22-43(24-54(30)36(29)56)23-31(65-39(59)53-69(62,63)42(5)18-19-42)32-27-20-26(64-6)14-15-28(27)49-34(33(32)66-43)45(46,47)48/h10,12,14-15,20,25,29-31H,7-9,11,13,16-19,21-24H2,1-6H3,(H,50,58)(H,51,55)(H,52,57)(H,53,59)/b12-10-/t25-,29-,30-,31+,43-,44+/m0/s1. The lowest BCUT2D eigenvalue weighted by atomic mass is 9.84. The van der Waals surface area contributed by atoms with E-state index >= 15 is 18.0 Å². The Morgan fingerprint density at radius 2 is 1.58 bits per heavy atom. The molecule has 4 N–H and O–H groups in total. The first-order valence-corrected chi connectivity index (χ1v) is 25.9. The molecule has 3 saturated carbocycles. The zero-order chi connectivity index (χ0) is 50.3. The number of hydrogen-bond acceptors (Lipinski definition) is 14. The number of nitrogens with zero attached hydrogens (tertiary/aromatic N) is 2. The van der Waals surface area contributed by atoms with Crippen LogP contribution >= 0.6 is 0 Å². The molecule has 4 fully saturated rings. The lowest BCUT2D eigenvalue weighted by Gasteiger charge is -2.40. The number of hydrogen-bond donors (Lipinski definition) is 4. The summed E-state index contributed by atoms with van der Waals surface area (Å²) >= 11 is 0. The molecule has 1 saturated heterocycles. The average Bonchev–Trinajstić information content (AvgIpc) is 4.20. The molecular weight excluding hydrogens is 954 g/mol. The summed E-state index contributed by atoms with van der Waals surface area (Å²) in [5, 5.41) is 5.30. The van der Waals surface area contributed by atoms with Gasteiger partial charge >= 0.3 is 18.4 Å². The Morgan fingerprint density at radius 3 is 2.20 bits per heavy atom. The van der Waals surface area contributed by atoms with Gasteiger partial charge in [-0.05, 0) is 104 Å². The maximum Gasteiger partial charge on any atom is 0.437 e. The van der Waals surface area contributed by atoms with E-state index in [0.717, 1.165) is 4.90 Å². The Kier molecular flexibility index (Phi) is 12.5. The second-order valence-corrected chi connectivity index (χ2v) is 25.0. The third-order valence-corrected chi connectivity index (χ3v) is 18.3. The molecule has 1 aromatic heterocycles. The second-order valence-electron chi connectivity index (χ2n) is 20.6. The van der Waals surface area contributed by atoms with Crippen LogP contribution in [-0.2, 0) is 50.1 Å². The van der Waals surface area contributed by atoms with E-state index in [1.807, 2.05) is 10.8 Å². The van der Waals surface area contributed by atoms with Crippen molar-refractivity contribution in [2.45, 2.75) is 162 Å². The summed E-state index contributed by atoms with van der Waals surface area (Å²) in [7, 11) is -7.23. The molecule has 24 heteroatoms. The molecule has 5 amide bonds. The molecule has 0 unspecified atom stereocenters. The summed E-state index contributed by atoms with van der Waals surface area (Å²) in [6.07, 6.45) is -3.96. The third-order valence-electron chi connectivity index (χ3n) is 14.0. The van der Waals surface area contributed by atoms with Crippen LogP contribution in [0.4, 0.5) is 22.8 Å². The Hall–Kier alpha value is -5.39. The van der Waals surface area contributed by atoms with Crippen molar-refractivity contribution in [3.63, 3.8) is 0 Å². The Labute approximate surface area is 397 Å². The van der Waals surface area contributed by atoms with Gasteiger partial charge in [0, 0.05) is 29.7 Å². The highest BCUT2D eigenvalue weighted by Crippen LogP contribution is 2.54. The molecule has 1 spiro atoms. The lowest BCUT2D eigenvalue weighted by Crippen LogP contribution is -2.58. The number of fused-ring (bicyclic) bond motifs is 5. The number of nitrogens with one attached hydrogen (secondary N) is 4. The fourth-order valence-electron chi connectivity index (χ4n) is 9.28. The van der Waals surface area contributed by atoms with Crippen molar-refractivity contribution in [2.24, 2.45) is 5.92 Å². The van der Waals surface area contributed by atoms with Gasteiger partial charge < -0.3 is 34.5 Å². The van der Waals surface area contributed by atoms with Gasteiger partial charge in [-0.15, -0.1) is 0 Å². The van der Waals surface area contributed by atoms with E-state index < -0.39 is 137 Å². The Balaban J connectivity index is 1.23. The summed E-state index contributed by atoms with van der Waals surface area (Å²) < 4.78 is 124. The quantitative estimate of drug-likeness (QED) is 0.244. The summed E-state index contributed by atoms with van der Waals surface area (Å²) in [6.45, 7) is 7.05. The maximum absolute atomic E-state index is 15.3. The van der Waals surface area contributed by atoms with Gasteiger partial charge in [-0.25, -0.2) is 36.1 Å². The van der Waals surface area contributed by atoms with Crippen LogP contribution in [0.1, 0.15) is 129 Å². The first-order valence-electron chi connectivity index (χ1n) is 22.9. The molecule has 378 valence electrons. The van der Waals surface area contributed by atoms with Gasteiger partial charge in [-0.2, -0.15) is 13.2 Å². The van der Waals surface area contributed by atoms with E-state index in [1.165, 1.54) is 39.2 Å². The smallest absolute Gasteiger partial charge is 0.437 e. The Morgan fingerprint density at radius 1 is 0.913 bits per heavy atom. The maximum atomic E-state index is 15.3. The molecule has 0 radical (unpaired) electrons. The minimum absolute atomic E-state index is 0.0129. The predicted molar refractivity (Wildman–Crippen MR) is 239 cm³/mol.